The van der Waals surface area contributed by atoms with Crippen molar-refractivity contribution in [3.63, 3.8) is 0 Å². The fraction of sp³-hybridized carbons (Fsp3) is 0.500. The second-order valence-electron chi connectivity index (χ2n) is 2.03. The molecule has 0 aromatic rings. The number of hydrogen-bond acceptors (Lipinski definition) is 4. The molecule has 4 nitrogen and oxygen atoms in total. The highest BCUT2D eigenvalue weighted by molar-refractivity contribution is 9.09. The van der Waals surface area contributed by atoms with Crippen LogP contribution in [-0.2, 0) is 19.1 Å². The Hall–Kier alpha value is -0.840. The summed E-state index contributed by atoms with van der Waals surface area (Å²) in [6, 6.07) is 0. The highest BCUT2D eigenvalue weighted by Gasteiger charge is 2.01. The quantitative estimate of drug-likeness (QED) is 0.306. The first-order valence-corrected chi connectivity index (χ1v) is 4.83. The van der Waals surface area contributed by atoms with Crippen molar-refractivity contribution < 1.29 is 19.1 Å². The first-order valence-electron chi connectivity index (χ1n) is 3.71. The number of carbonyl (C=O) groups excluding carboxylic acids is 2. The fourth-order valence-corrected chi connectivity index (χ4v) is 0.830. The van der Waals surface area contributed by atoms with Crippen molar-refractivity contribution in [3.8, 4) is 0 Å². The van der Waals surface area contributed by atoms with Gasteiger partial charge in [-0.15, -0.1) is 0 Å². The maximum Gasteiger partial charge on any atom is 0.330 e. The van der Waals surface area contributed by atoms with Crippen molar-refractivity contribution in [1.82, 2.24) is 0 Å². The van der Waals surface area contributed by atoms with Gasteiger partial charge in [-0.1, -0.05) is 22.5 Å². The molecule has 0 amide bonds. The van der Waals surface area contributed by atoms with Gasteiger partial charge in [0.25, 0.3) is 0 Å². The van der Waals surface area contributed by atoms with Gasteiger partial charge in [0.1, 0.15) is 13.2 Å². The number of rotatable bonds is 6. The number of carbonyl (C=O) groups is 2. The molecule has 0 aromatic carbocycles. The summed E-state index contributed by atoms with van der Waals surface area (Å²) in [5.74, 6) is -0.830. The lowest BCUT2D eigenvalue weighted by Gasteiger charge is -2.03. The molecule has 0 heterocycles. The lowest BCUT2D eigenvalue weighted by atomic mass is 10.5. The van der Waals surface area contributed by atoms with E-state index in [-0.39, 0.29) is 19.2 Å². The second kappa shape index (κ2) is 7.79. The second-order valence-corrected chi connectivity index (χ2v) is 2.82. The number of alkyl halides is 1. The summed E-state index contributed by atoms with van der Waals surface area (Å²) < 4.78 is 9.27. The molecular formula is C8H11BrO4. The molecule has 0 radical (unpaired) electrons. The van der Waals surface area contributed by atoms with E-state index in [4.69, 9.17) is 4.74 Å². The van der Waals surface area contributed by atoms with Gasteiger partial charge in [0.2, 0.25) is 0 Å². The van der Waals surface area contributed by atoms with Crippen molar-refractivity contribution in [1.29, 1.82) is 0 Å². The molecule has 0 bridgehead atoms. The SMILES string of the molecule is C=CC(=O)OCCOC(=O)CCBr. The van der Waals surface area contributed by atoms with E-state index < -0.39 is 5.97 Å². The highest BCUT2D eigenvalue weighted by atomic mass is 79.9. The van der Waals surface area contributed by atoms with Crippen LogP contribution in [0.5, 0.6) is 0 Å². The van der Waals surface area contributed by atoms with Crippen LogP contribution in [0, 0.1) is 0 Å². The fourth-order valence-electron chi connectivity index (χ4n) is 0.506. The number of esters is 2. The molecule has 0 aromatic heterocycles. The van der Waals surface area contributed by atoms with E-state index in [9.17, 15) is 9.59 Å². The van der Waals surface area contributed by atoms with Crippen LogP contribution in [-0.4, -0.2) is 30.5 Å². The molecule has 0 saturated heterocycles. The summed E-state index contributed by atoms with van der Waals surface area (Å²) >= 11 is 3.09. The summed E-state index contributed by atoms with van der Waals surface area (Å²) in [6.45, 7) is 3.37. The molecular weight excluding hydrogens is 240 g/mol. The molecule has 74 valence electrons. The standard InChI is InChI=1S/C8H11BrO4/c1-2-7(10)12-5-6-13-8(11)3-4-9/h2H,1,3-6H2. The van der Waals surface area contributed by atoms with Crippen LogP contribution in [0.1, 0.15) is 6.42 Å². The molecule has 5 heteroatoms. The number of hydrogen-bond donors (Lipinski definition) is 0. The van der Waals surface area contributed by atoms with Gasteiger partial charge in [0.15, 0.2) is 0 Å². The van der Waals surface area contributed by atoms with Crippen molar-refractivity contribution in [3.05, 3.63) is 12.7 Å². The minimum Gasteiger partial charge on any atom is -0.462 e. The van der Waals surface area contributed by atoms with Gasteiger partial charge < -0.3 is 9.47 Å². The Balaban J connectivity index is 3.30. The largest absolute Gasteiger partial charge is 0.462 e. The van der Waals surface area contributed by atoms with Crippen LogP contribution < -0.4 is 0 Å². The summed E-state index contributed by atoms with van der Waals surface area (Å²) in [5, 5.41) is 0.568. The number of halogens is 1. The van der Waals surface area contributed by atoms with Crippen LogP contribution in [0.25, 0.3) is 0 Å². The van der Waals surface area contributed by atoms with E-state index in [0.29, 0.717) is 11.8 Å². The monoisotopic (exact) mass is 250 g/mol. The Morgan fingerprint density at radius 2 is 1.92 bits per heavy atom. The smallest absolute Gasteiger partial charge is 0.330 e. The Morgan fingerprint density at radius 3 is 2.46 bits per heavy atom. The number of ether oxygens (including phenoxy) is 2. The van der Waals surface area contributed by atoms with Gasteiger partial charge >= 0.3 is 11.9 Å². The Kier molecular flexibility index (Phi) is 7.29. The van der Waals surface area contributed by atoms with E-state index in [0.717, 1.165) is 6.08 Å². The van der Waals surface area contributed by atoms with Gasteiger partial charge in [-0.25, -0.2) is 4.79 Å². The maximum atomic E-state index is 10.7. The van der Waals surface area contributed by atoms with Crippen LogP contribution in [0.4, 0.5) is 0 Å². The first-order chi connectivity index (χ1) is 6.20. The van der Waals surface area contributed by atoms with Crippen molar-refractivity contribution >= 4 is 27.9 Å². The molecule has 0 aliphatic heterocycles. The zero-order chi connectivity index (χ0) is 10.1. The van der Waals surface area contributed by atoms with Crippen LogP contribution in [0.2, 0.25) is 0 Å². The Bertz CT molecular complexity index is 191. The van der Waals surface area contributed by atoms with Crippen LogP contribution >= 0.6 is 15.9 Å². The van der Waals surface area contributed by atoms with E-state index in [1.165, 1.54) is 0 Å². The van der Waals surface area contributed by atoms with Crippen molar-refractivity contribution in [2.75, 3.05) is 18.5 Å². The maximum absolute atomic E-state index is 10.7. The van der Waals surface area contributed by atoms with Crippen molar-refractivity contribution in [2.24, 2.45) is 0 Å². The van der Waals surface area contributed by atoms with E-state index >= 15 is 0 Å². The molecule has 13 heavy (non-hydrogen) atoms. The lowest BCUT2D eigenvalue weighted by molar-refractivity contribution is -0.149. The molecule has 0 aliphatic carbocycles. The molecule has 0 unspecified atom stereocenters. The third kappa shape index (κ3) is 7.52. The summed E-state index contributed by atoms with van der Waals surface area (Å²) in [4.78, 5) is 21.2. The molecule has 0 aliphatic rings. The Morgan fingerprint density at radius 1 is 1.31 bits per heavy atom. The van der Waals surface area contributed by atoms with E-state index in [1.807, 2.05) is 0 Å². The minimum absolute atomic E-state index is 0.0683. The zero-order valence-electron chi connectivity index (χ0n) is 7.12. The summed E-state index contributed by atoms with van der Waals surface area (Å²) in [7, 11) is 0. The minimum atomic E-state index is -0.517. The molecule has 0 fully saturated rings. The molecule has 0 saturated carbocycles. The topological polar surface area (TPSA) is 52.6 Å². The van der Waals surface area contributed by atoms with E-state index in [2.05, 4.69) is 27.2 Å². The van der Waals surface area contributed by atoms with E-state index in [1.54, 1.807) is 0 Å². The summed E-state index contributed by atoms with van der Waals surface area (Å²) in [5.41, 5.74) is 0. The van der Waals surface area contributed by atoms with Crippen LogP contribution in [0.3, 0.4) is 0 Å². The third-order valence-electron chi connectivity index (χ3n) is 1.06. The molecule has 0 N–H and O–H groups in total. The third-order valence-corrected chi connectivity index (χ3v) is 1.45. The van der Waals surface area contributed by atoms with Gasteiger partial charge in [0, 0.05) is 11.4 Å². The summed E-state index contributed by atoms with van der Waals surface area (Å²) in [6.07, 6.45) is 1.37. The highest BCUT2D eigenvalue weighted by Crippen LogP contribution is 1.91. The zero-order valence-corrected chi connectivity index (χ0v) is 8.71. The molecule has 0 rings (SSSR count). The average Bonchev–Trinajstić information content (AvgIpc) is 2.12. The van der Waals surface area contributed by atoms with Gasteiger partial charge in [-0.2, -0.15) is 0 Å². The first kappa shape index (κ1) is 12.2. The van der Waals surface area contributed by atoms with Crippen LogP contribution in [0.15, 0.2) is 12.7 Å². The normalized spacial score (nSPS) is 9.00. The van der Waals surface area contributed by atoms with Gasteiger partial charge in [0.05, 0.1) is 6.42 Å². The lowest BCUT2D eigenvalue weighted by Crippen LogP contribution is -2.12. The molecule has 0 atom stereocenters. The Labute approximate surface area is 85.0 Å². The predicted octanol–water partition coefficient (Wildman–Crippen LogP) is 1.04. The van der Waals surface area contributed by atoms with Gasteiger partial charge in [-0.05, 0) is 0 Å². The van der Waals surface area contributed by atoms with Crippen molar-refractivity contribution in [2.45, 2.75) is 6.42 Å². The van der Waals surface area contributed by atoms with Gasteiger partial charge in [-0.3, -0.25) is 4.79 Å². The molecule has 0 spiro atoms. The average molecular weight is 251 g/mol. The predicted molar refractivity (Wildman–Crippen MR) is 50.5 cm³/mol.